The molecule has 3 heterocycles. The highest BCUT2D eigenvalue weighted by Crippen LogP contribution is 2.24. The van der Waals surface area contributed by atoms with Gasteiger partial charge in [0.05, 0.1) is 29.5 Å². The number of hydrogen-bond donors (Lipinski definition) is 1. The van der Waals surface area contributed by atoms with Crippen LogP contribution in [0, 0.1) is 0 Å². The molecule has 1 aromatic heterocycles. The Hall–Kier alpha value is -1.18. The number of ether oxygens (including phenoxy) is 2. The van der Waals surface area contributed by atoms with Crippen molar-refractivity contribution in [3.63, 3.8) is 0 Å². The maximum atomic E-state index is 6.16. The molecule has 3 rings (SSSR count). The normalized spacial score (nSPS) is 21.8. The van der Waals surface area contributed by atoms with E-state index in [0.717, 1.165) is 71.0 Å². The first kappa shape index (κ1) is 23.5. The first-order valence-electron chi connectivity index (χ1n) is 11.7. The summed E-state index contributed by atoms with van der Waals surface area (Å²) in [6.07, 6.45) is 7.27. The summed E-state index contributed by atoms with van der Waals surface area (Å²) < 4.78 is 12.0. The lowest BCUT2D eigenvalue weighted by molar-refractivity contribution is -0.0721. The molecule has 0 aliphatic carbocycles. The first-order valence-corrected chi connectivity index (χ1v) is 12.5. The van der Waals surface area contributed by atoms with Crippen LogP contribution in [0.15, 0.2) is 10.4 Å². The molecule has 0 aromatic carbocycles. The van der Waals surface area contributed by atoms with E-state index in [9.17, 15) is 0 Å². The van der Waals surface area contributed by atoms with Crippen LogP contribution in [-0.4, -0.2) is 67.4 Å². The third kappa shape index (κ3) is 7.20. The molecular weight excluding hydrogens is 396 g/mol. The van der Waals surface area contributed by atoms with E-state index >= 15 is 0 Å². The van der Waals surface area contributed by atoms with Crippen LogP contribution in [0.4, 0.5) is 0 Å². The Labute approximate surface area is 186 Å². The summed E-state index contributed by atoms with van der Waals surface area (Å²) in [5.74, 6) is 1.03. The van der Waals surface area contributed by atoms with Crippen LogP contribution in [0.2, 0.25) is 0 Å². The quantitative estimate of drug-likeness (QED) is 0.517. The van der Waals surface area contributed by atoms with Gasteiger partial charge in [-0.15, -0.1) is 11.3 Å². The lowest BCUT2D eigenvalue weighted by atomic mass is 9.93. The standard InChI is InChI=1S/C23H40N4O2S/c1-5-24-22(25-12-9-21-26-20(17-30-21)23(2,3)4)27-13-10-18(11-14-27)29-16-19-8-6-7-15-28-19/h17-19H,5-16H2,1-4H3,(H,24,25). The Morgan fingerprint density at radius 1 is 1.30 bits per heavy atom. The molecule has 2 saturated heterocycles. The fourth-order valence-corrected chi connectivity index (χ4v) is 4.88. The van der Waals surface area contributed by atoms with Crippen LogP contribution in [0.3, 0.4) is 0 Å². The van der Waals surface area contributed by atoms with E-state index in [1.165, 1.54) is 23.5 Å². The van der Waals surface area contributed by atoms with Gasteiger partial charge in [0.15, 0.2) is 5.96 Å². The number of thiazole rings is 1. The summed E-state index contributed by atoms with van der Waals surface area (Å²) in [5.41, 5.74) is 1.29. The van der Waals surface area contributed by atoms with Gasteiger partial charge in [0, 0.05) is 50.0 Å². The van der Waals surface area contributed by atoms with E-state index in [0.29, 0.717) is 12.2 Å². The summed E-state index contributed by atoms with van der Waals surface area (Å²) >= 11 is 1.75. The van der Waals surface area contributed by atoms with Gasteiger partial charge < -0.3 is 19.7 Å². The second-order valence-electron chi connectivity index (χ2n) is 9.37. The van der Waals surface area contributed by atoms with Gasteiger partial charge in [-0.1, -0.05) is 20.8 Å². The maximum Gasteiger partial charge on any atom is 0.193 e. The predicted molar refractivity (Wildman–Crippen MR) is 125 cm³/mol. The van der Waals surface area contributed by atoms with Crippen molar-refractivity contribution in [3.8, 4) is 0 Å². The lowest BCUT2D eigenvalue weighted by Gasteiger charge is -2.35. The second kappa shape index (κ2) is 11.4. The highest BCUT2D eigenvalue weighted by atomic mass is 32.1. The molecule has 1 atom stereocenters. The van der Waals surface area contributed by atoms with Gasteiger partial charge in [-0.05, 0) is 39.0 Å². The van der Waals surface area contributed by atoms with Crippen molar-refractivity contribution in [2.75, 3.05) is 39.4 Å². The van der Waals surface area contributed by atoms with E-state index in [2.05, 4.69) is 43.3 Å². The van der Waals surface area contributed by atoms with Gasteiger partial charge in [0.2, 0.25) is 0 Å². The highest BCUT2D eigenvalue weighted by Gasteiger charge is 2.24. The smallest absolute Gasteiger partial charge is 0.193 e. The van der Waals surface area contributed by atoms with Crippen LogP contribution < -0.4 is 5.32 Å². The van der Waals surface area contributed by atoms with E-state index in [4.69, 9.17) is 19.5 Å². The minimum Gasteiger partial charge on any atom is -0.376 e. The number of likely N-dealkylation sites (tertiary alicyclic amines) is 1. The fourth-order valence-electron chi connectivity index (χ4n) is 3.87. The van der Waals surface area contributed by atoms with Crippen LogP contribution in [0.25, 0.3) is 0 Å². The number of nitrogens with zero attached hydrogens (tertiary/aromatic N) is 3. The van der Waals surface area contributed by atoms with Gasteiger partial charge in [-0.3, -0.25) is 4.99 Å². The minimum atomic E-state index is 0.114. The monoisotopic (exact) mass is 436 g/mol. The van der Waals surface area contributed by atoms with Crippen molar-refractivity contribution in [1.29, 1.82) is 0 Å². The Bertz CT molecular complexity index is 656. The molecule has 1 N–H and O–H groups in total. The van der Waals surface area contributed by atoms with E-state index in [-0.39, 0.29) is 5.41 Å². The van der Waals surface area contributed by atoms with Crippen LogP contribution in [0.5, 0.6) is 0 Å². The lowest BCUT2D eigenvalue weighted by Crippen LogP contribution is -2.47. The van der Waals surface area contributed by atoms with Crippen molar-refractivity contribution in [1.82, 2.24) is 15.2 Å². The molecule has 6 nitrogen and oxygen atoms in total. The Balaban J connectivity index is 1.43. The summed E-state index contributed by atoms with van der Waals surface area (Å²) in [4.78, 5) is 12.1. The Kier molecular flexibility index (Phi) is 8.96. The molecule has 0 amide bonds. The molecular formula is C23H40N4O2S. The van der Waals surface area contributed by atoms with Gasteiger partial charge >= 0.3 is 0 Å². The average molecular weight is 437 g/mol. The third-order valence-corrected chi connectivity index (χ3v) is 6.68. The van der Waals surface area contributed by atoms with E-state index in [1.54, 1.807) is 11.3 Å². The maximum absolute atomic E-state index is 6.16. The summed E-state index contributed by atoms with van der Waals surface area (Å²) in [6.45, 7) is 14.1. The first-order chi connectivity index (χ1) is 14.5. The molecule has 0 radical (unpaired) electrons. The third-order valence-electron chi connectivity index (χ3n) is 5.78. The molecule has 2 fully saturated rings. The van der Waals surface area contributed by atoms with Gasteiger partial charge in [-0.2, -0.15) is 0 Å². The Morgan fingerprint density at radius 2 is 2.10 bits per heavy atom. The molecule has 170 valence electrons. The fraction of sp³-hybridized carbons (Fsp3) is 0.826. The second-order valence-corrected chi connectivity index (χ2v) is 10.3. The van der Waals surface area contributed by atoms with Crippen molar-refractivity contribution in [2.24, 2.45) is 4.99 Å². The zero-order chi connectivity index (χ0) is 21.4. The SMILES string of the molecule is CCNC(=NCCc1nc(C(C)(C)C)cs1)N1CCC(OCC2CCCCO2)CC1. The van der Waals surface area contributed by atoms with Crippen LogP contribution in [0.1, 0.15) is 70.5 Å². The molecule has 2 aliphatic heterocycles. The number of hydrogen-bond acceptors (Lipinski definition) is 5. The van der Waals surface area contributed by atoms with E-state index < -0.39 is 0 Å². The van der Waals surface area contributed by atoms with Gasteiger partial charge in [0.25, 0.3) is 0 Å². The largest absolute Gasteiger partial charge is 0.376 e. The van der Waals surface area contributed by atoms with Crippen molar-refractivity contribution in [2.45, 2.75) is 83.8 Å². The number of piperidine rings is 1. The van der Waals surface area contributed by atoms with E-state index in [1.807, 2.05) is 0 Å². The molecule has 7 heteroatoms. The highest BCUT2D eigenvalue weighted by molar-refractivity contribution is 7.09. The van der Waals surface area contributed by atoms with Crippen LogP contribution in [-0.2, 0) is 21.3 Å². The molecule has 1 aromatic rings. The zero-order valence-electron chi connectivity index (χ0n) is 19.3. The molecule has 0 bridgehead atoms. The number of rotatable bonds is 7. The molecule has 30 heavy (non-hydrogen) atoms. The average Bonchev–Trinajstić information content (AvgIpc) is 3.22. The molecule has 1 unspecified atom stereocenters. The van der Waals surface area contributed by atoms with Gasteiger partial charge in [0.1, 0.15) is 0 Å². The summed E-state index contributed by atoms with van der Waals surface area (Å²) in [5, 5.41) is 6.83. The number of nitrogens with one attached hydrogen (secondary N) is 1. The predicted octanol–water partition coefficient (Wildman–Crippen LogP) is 4.00. The topological polar surface area (TPSA) is 59.0 Å². The Morgan fingerprint density at radius 3 is 2.73 bits per heavy atom. The van der Waals surface area contributed by atoms with Crippen molar-refractivity contribution >= 4 is 17.3 Å². The van der Waals surface area contributed by atoms with Gasteiger partial charge in [-0.25, -0.2) is 4.98 Å². The number of aromatic nitrogens is 1. The minimum absolute atomic E-state index is 0.114. The van der Waals surface area contributed by atoms with Crippen molar-refractivity contribution < 1.29 is 9.47 Å². The zero-order valence-corrected chi connectivity index (χ0v) is 20.1. The van der Waals surface area contributed by atoms with Crippen molar-refractivity contribution in [3.05, 3.63) is 16.1 Å². The molecule has 0 spiro atoms. The van der Waals surface area contributed by atoms with Crippen LogP contribution >= 0.6 is 11.3 Å². The summed E-state index contributed by atoms with van der Waals surface area (Å²) in [7, 11) is 0. The molecule has 2 aliphatic rings. The number of guanidine groups is 1. The molecule has 0 saturated carbocycles. The summed E-state index contributed by atoms with van der Waals surface area (Å²) in [6, 6.07) is 0. The number of aliphatic imine (C=N–C) groups is 1.